The van der Waals surface area contributed by atoms with E-state index in [2.05, 4.69) is 19.1 Å². The van der Waals surface area contributed by atoms with Crippen LogP contribution in [0.1, 0.15) is 16.7 Å². The monoisotopic (exact) mass is 402 g/mol. The molecule has 0 N–H and O–H groups in total. The molecule has 0 aliphatic heterocycles. The van der Waals surface area contributed by atoms with E-state index in [1.54, 1.807) is 23.4 Å². The van der Waals surface area contributed by atoms with Gasteiger partial charge in [-0.15, -0.1) is 0 Å². The van der Waals surface area contributed by atoms with Crippen LogP contribution in [0.15, 0.2) is 82.7 Å². The van der Waals surface area contributed by atoms with Crippen molar-refractivity contribution in [1.82, 2.24) is 9.55 Å². The van der Waals surface area contributed by atoms with Crippen molar-refractivity contribution >= 4 is 22.7 Å². The molecule has 4 nitrogen and oxygen atoms in total. The molecule has 5 heteroatoms. The second kappa shape index (κ2) is 8.53. The Kier molecular flexibility index (Phi) is 5.67. The van der Waals surface area contributed by atoms with Crippen LogP contribution in [0.5, 0.6) is 5.75 Å². The van der Waals surface area contributed by atoms with Gasteiger partial charge in [-0.3, -0.25) is 9.36 Å². The Morgan fingerprint density at radius 3 is 2.45 bits per heavy atom. The highest BCUT2D eigenvalue weighted by atomic mass is 32.2. The summed E-state index contributed by atoms with van der Waals surface area (Å²) in [5.74, 6) is 1.56. The van der Waals surface area contributed by atoms with E-state index in [1.165, 1.54) is 11.1 Å². The number of para-hydroxylation sites is 1. The van der Waals surface area contributed by atoms with E-state index in [4.69, 9.17) is 9.72 Å². The number of methoxy groups -OCH3 is 1. The fourth-order valence-electron chi connectivity index (χ4n) is 3.23. The predicted octanol–water partition coefficient (Wildman–Crippen LogP) is 5.05. The van der Waals surface area contributed by atoms with Gasteiger partial charge in [-0.2, -0.15) is 0 Å². The maximum Gasteiger partial charge on any atom is 0.262 e. The fourth-order valence-corrected chi connectivity index (χ4v) is 4.30. The van der Waals surface area contributed by atoms with Crippen LogP contribution in [0.3, 0.4) is 0 Å². The minimum Gasteiger partial charge on any atom is -0.497 e. The van der Waals surface area contributed by atoms with E-state index in [1.807, 2.05) is 60.7 Å². The van der Waals surface area contributed by atoms with Gasteiger partial charge in [0.25, 0.3) is 5.56 Å². The third-order valence-corrected chi connectivity index (χ3v) is 5.97. The van der Waals surface area contributed by atoms with Crippen LogP contribution in [0.25, 0.3) is 10.9 Å². The quantitative estimate of drug-likeness (QED) is 0.334. The largest absolute Gasteiger partial charge is 0.497 e. The average Bonchev–Trinajstić information content (AvgIpc) is 2.76. The van der Waals surface area contributed by atoms with Crippen molar-refractivity contribution in [1.29, 1.82) is 0 Å². The fraction of sp³-hybridized carbons (Fsp3) is 0.167. The van der Waals surface area contributed by atoms with Gasteiger partial charge < -0.3 is 4.74 Å². The van der Waals surface area contributed by atoms with Crippen LogP contribution < -0.4 is 10.3 Å². The molecule has 0 aliphatic rings. The van der Waals surface area contributed by atoms with Gasteiger partial charge in [-0.05, 0) is 47.9 Å². The first-order valence-electron chi connectivity index (χ1n) is 9.45. The van der Waals surface area contributed by atoms with E-state index in [0.717, 1.165) is 27.7 Å². The summed E-state index contributed by atoms with van der Waals surface area (Å²) in [4.78, 5) is 18.1. The van der Waals surface area contributed by atoms with Crippen LogP contribution in [-0.4, -0.2) is 16.7 Å². The van der Waals surface area contributed by atoms with Crippen LogP contribution in [0.4, 0.5) is 0 Å². The molecule has 0 bridgehead atoms. The molecule has 0 atom stereocenters. The van der Waals surface area contributed by atoms with Crippen molar-refractivity contribution in [2.24, 2.45) is 0 Å². The molecule has 29 heavy (non-hydrogen) atoms. The van der Waals surface area contributed by atoms with E-state index in [0.29, 0.717) is 11.9 Å². The first-order chi connectivity index (χ1) is 14.2. The highest BCUT2D eigenvalue weighted by Crippen LogP contribution is 2.24. The van der Waals surface area contributed by atoms with Gasteiger partial charge in [-0.1, -0.05) is 60.3 Å². The lowest BCUT2D eigenvalue weighted by Gasteiger charge is -2.14. The minimum atomic E-state index is -0.0151. The first kappa shape index (κ1) is 19.3. The SMILES string of the molecule is COc1ccc(Cn2c(SCc3ccccc3C)nc3ccccc3c2=O)cc1. The predicted molar refractivity (Wildman–Crippen MR) is 119 cm³/mol. The Morgan fingerprint density at radius 2 is 1.69 bits per heavy atom. The molecule has 0 saturated carbocycles. The molecule has 4 rings (SSSR count). The van der Waals surface area contributed by atoms with Crippen molar-refractivity contribution in [3.8, 4) is 5.75 Å². The number of benzene rings is 3. The van der Waals surface area contributed by atoms with E-state index in [9.17, 15) is 4.79 Å². The third kappa shape index (κ3) is 4.20. The standard InChI is InChI=1S/C24H22N2O2S/c1-17-7-3-4-8-19(17)16-29-24-25-22-10-6-5-9-21(22)23(27)26(24)15-18-11-13-20(28-2)14-12-18/h3-14H,15-16H2,1-2H3. The summed E-state index contributed by atoms with van der Waals surface area (Å²) in [6.07, 6.45) is 0. The molecule has 4 aromatic rings. The number of hydrogen-bond acceptors (Lipinski definition) is 4. The summed E-state index contributed by atoms with van der Waals surface area (Å²) < 4.78 is 7.01. The number of nitrogens with zero attached hydrogens (tertiary/aromatic N) is 2. The summed E-state index contributed by atoms with van der Waals surface area (Å²) in [6.45, 7) is 2.57. The van der Waals surface area contributed by atoms with Gasteiger partial charge in [0.2, 0.25) is 0 Å². The lowest BCUT2D eigenvalue weighted by Crippen LogP contribution is -2.24. The average molecular weight is 403 g/mol. The van der Waals surface area contributed by atoms with Crippen molar-refractivity contribution in [2.75, 3.05) is 7.11 Å². The zero-order chi connectivity index (χ0) is 20.2. The van der Waals surface area contributed by atoms with Crippen molar-refractivity contribution in [2.45, 2.75) is 24.4 Å². The summed E-state index contributed by atoms with van der Waals surface area (Å²) in [6, 6.07) is 23.6. The number of thioether (sulfide) groups is 1. The second-order valence-electron chi connectivity index (χ2n) is 6.87. The second-order valence-corrected chi connectivity index (χ2v) is 7.81. The van der Waals surface area contributed by atoms with Crippen LogP contribution in [-0.2, 0) is 12.3 Å². The number of ether oxygens (including phenoxy) is 1. The highest BCUT2D eigenvalue weighted by Gasteiger charge is 2.13. The van der Waals surface area contributed by atoms with Crippen molar-refractivity contribution < 1.29 is 4.74 Å². The Bertz CT molecular complexity index is 1200. The number of fused-ring (bicyclic) bond motifs is 1. The van der Waals surface area contributed by atoms with E-state index >= 15 is 0 Å². The molecule has 3 aromatic carbocycles. The summed E-state index contributed by atoms with van der Waals surface area (Å²) in [5, 5.41) is 1.37. The normalized spacial score (nSPS) is 11.0. The molecule has 0 fully saturated rings. The molecule has 0 radical (unpaired) electrons. The molecule has 1 aromatic heterocycles. The van der Waals surface area contributed by atoms with Crippen molar-refractivity contribution in [3.05, 3.63) is 99.8 Å². The zero-order valence-corrected chi connectivity index (χ0v) is 17.3. The van der Waals surface area contributed by atoms with E-state index in [-0.39, 0.29) is 5.56 Å². The molecule has 0 saturated heterocycles. The Labute approximate surface area is 174 Å². The Morgan fingerprint density at radius 1 is 0.966 bits per heavy atom. The summed E-state index contributed by atoms with van der Waals surface area (Å²) in [7, 11) is 1.65. The molecular weight excluding hydrogens is 380 g/mol. The number of aromatic nitrogens is 2. The lowest BCUT2D eigenvalue weighted by atomic mass is 10.1. The molecular formula is C24H22N2O2S. The molecule has 0 unspecified atom stereocenters. The number of hydrogen-bond donors (Lipinski definition) is 0. The summed E-state index contributed by atoms with van der Waals surface area (Å²) in [5.41, 5.74) is 4.23. The van der Waals surface area contributed by atoms with Crippen LogP contribution >= 0.6 is 11.8 Å². The first-order valence-corrected chi connectivity index (χ1v) is 10.4. The topological polar surface area (TPSA) is 44.1 Å². The third-order valence-electron chi connectivity index (χ3n) is 4.94. The minimum absolute atomic E-state index is 0.0151. The lowest BCUT2D eigenvalue weighted by molar-refractivity contribution is 0.414. The maximum absolute atomic E-state index is 13.2. The van der Waals surface area contributed by atoms with Crippen molar-refractivity contribution in [3.63, 3.8) is 0 Å². The molecule has 146 valence electrons. The van der Waals surface area contributed by atoms with Gasteiger partial charge in [0.05, 0.1) is 24.6 Å². The zero-order valence-electron chi connectivity index (χ0n) is 16.5. The van der Waals surface area contributed by atoms with Crippen LogP contribution in [0, 0.1) is 6.92 Å². The number of rotatable bonds is 6. The molecule has 1 heterocycles. The highest BCUT2D eigenvalue weighted by molar-refractivity contribution is 7.98. The van der Waals surface area contributed by atoms with Gasteiger partial charge in [0.1, 0.15) is 5.75 Å². The van der Waals surface area contributed by atoms with Gasteiger partial charge in [0.15, 0.2) is 5.16 Å². The summed E-state index contributed by atoms with van der Waals surface area (Å²) >= 11 is 1.60. The van der Waals surface area contributed by atoms with Gasteiger partial charge in [0, 0.05) is 5.75 Å². The molecule has 0 aliphatic carbocycles. The Balaban J connectivity index is 1.73. The van der Waals surface area contributed by atoms with Gasteiger partial charge in [-0.25, -0.2) is 4.98 Å². The smallest absolute Gasteiger partial charge is 0.262 e. The Hall–Kier alpha value is -3.05. The molecule has 0 amide bonds. The molecule has 0 spiro atoms. The van der Waals surface area contributed by atoms with Crippen LogP contribution in [0.2, 0.25) is 0 Å². The van der Waals surface area contributed by atoms with Gasteiger partial charge >= 0.3 is 0 Å². The number of aryl methyl sites for hydroxylation is 1. The van der Waals surface area contributed by atoms with E-state index < -0.39 is 0 Å². The maximum atomic E-state index is 13.2.